The Morgan fingerprint density at radius 1 is 0.756 bits per heavy atom. The zero-order chi connectivity index (χ0) is 30.6. The molecule has 9 nitrogen and oxygen atoms in total. The van der Waals surface area contributed by atoms with Crippen LogP contribution >= 0.6 is 0 Å². The van der Waals surface area contributed by atoms with Crippen LogP contribution in [0.25, 0.3) is 0 Å². The Bertz CT molecular complexity index is 1290. The van der Waals surface area contributed by atoms with Gasteiger partial charge in [-0.3, -0.25) is 9.11 Å². The van der Waals surface area contributed by atoms with Crippen molar-refractivity contribution in [2.24, 2.45) is 56.7 Å². The maximum atomic E-state index is 12.2. The minimum atomic E-state index is -4.68. The number of rotatable bonds is 6. The van der Waals surface area contributed by atoms with Crippen molar-refractivity contribution in [2.45, 2.75) is 112 Å². The summed E-state index contributed by atoms with van der Waals surface area (Å²) in [7, 11) is -9.25. The van der Waals surface area contributed by atoms with Crippen LogP contribution in [-0.2, 0) is 29.2 Å². The molecular formula is C30H50O9S2. The fourth-order valence-corrected chi connectivity index (χ4v) is 13.3. The van der Waals surface area contributed by atoms with Gasteiger partial charge in [0.05, 0.1) is 18.8 Å². The van der Waals surface area contributed by atoms with Crippen molar-refractivity contribution in [2.75, 3.05) is 6.61 Å². The third-order valence-corrected chi connectivity index (χ3v) is 15.0. The molecule has 0 unspecified atom stereocenters. The van der Waals surface area contributed by atoms with E-state index in [2.05, 4.69) is 48.1 Å². The van der Waals surface area contributed by atoms with Gasteiger partial charge < -0.3 is 5.11 Å². The molecule has 0 amide bonds. The van der Waals surface area contributed by atoms with Gasteiger partial charge in [-0.25, -0.2) is 8.37 Å². The van der Waals surface area contributed by atoms with Gasteiger partial charge in [-0.1, -0.05) is 48.1 Å². The van der Waals surface area contributed by atoms with Crippen LogP contribution in [0.3, 0.4) is 0 Å². The molecule has 5 rings (SSSR count). The second-order valence-corrected chi connectivity index (χ2v) is 17.8. The summed E-state index contributed by atoms with van der Waals surface area (Å²) in [6.45, 7) is 17.4. The van der Waals surface area contributed by atoms with Crippen LogP contribution in [0, 0.1) is 56.7 Å². The van der Waals surface area contributed by atoms with Gasteiger partial charge in [0.1, 0.15) is 0 Å². The minimum Gasteiger partial charge on any atom is -0.392 e. The third kappa shape index (κ3) is 4.70. The topological polar surface area (TPSA) is 147 Å². The fraction of sp³-hybridized carbons (Fsp3) is 0.933. The lowest BCUT2D eigenvalue weighted by Crippen LogP contribution is -2.68. The van der Waals surface area contributed by atoms with Crippen LogP contribution in [-0.4, -0.2) is 49.9 Å². The smallest absolute Gasteiger partial charge is 0.392 e. The standard InChI is InChI=1S/C30H50O9S2/c1-18(17-31)19-10-13-28(5)24(39-41(35,36)37)16-30(7)20(25(19)28)8-9-22-27(4)14-12-23(38-40(32,33)34)26(2,3)21(27)11-15-29(22,30)6/h19-25,31H,1,8-17H2,2-7H3,(H,32,33,34)(H,35,36,37)/t19-,20+,21-,22+,23-,24-,25+,27-,28+,29+,30+/m0/s1. The molecular weight excluding hydrogens is 568 g/mol. The van der Waals surface area contributed by atoms with Crippen molar-refractivity contribution < 1.29 is 39.4 Å². The van der Waals surface area contributed by atoms with Gasteiger partial charge in [0.25, 0.3) is 0 Å². The molecule has 0 aromatic heterocycles. The number of aliphatic hydroxyl groups is 1. The van der Waals surface area contributed by atoms with Crippen molar-refractivity contribution in [3.63, 3.8) is 0 Å². The van der Waals surface area contributed by atoms with Gasteiger partial charge >= 0.3 is 20.8 Å². The molecule has 11 heteroatoms. The predicted molar refractivity (Wildman–Crippen MR) is 154 cm³/mol. The van der Waals surface area contributed by atoms with E-state index in [4.69, 9.17) is 8.37 Å². The lowest BCUT2D eigenvalue weighted by molar-refractivity contribution is -0.257. The largest absolute Gasteiger partial charge is 0.397 e. The molecule has 236 valence electrons. The van der Waals surface area contributed by atoms with Crippen LogP contribution in [0.2, 0.25) is 0 Å². The lowest BCUT2D eigenvalue weighted by atomic mass is 9.32. The van der Waals surface area contributed by atoms with Gasteiger partial charge in [0.15, 0.2) is 0 Å². The Hall–Kier alpha value is -0.560. The summed E-state index contributed by atoms with van der Waals surface area (Å²) < 4.78 is 77.9. The Kier molecular flexibility index (Phi) is 7.55. The minimum absolute atomic E-state index is 0.0566. The molecule has 5 fully saturated rings. The first-order chi connectivity index (χ1) is 18.6. The first-order valence-electron chi connectivity index (χ1n) is 15.2. The Labute approximate surface area is 246 Å². The van der Waals surface area contributed by atoms with E-state index in [1.54, 1.807) is 0 Å². The Morgan fingerprint density at radius 3 is 1.93 bits per heavy atom. The van der Waals surface area contributed by atoms with Crippen LogP contribution in [0.5, 0.6) is 0 Å². The van der Waals surface area contributed by atoms with E-state index >= 15 is 0 Å². The first-order valence-corrected chi connectivity index (χ1v) is 18.0. The first kappa shape index (κ1) is 31.9. The summed E-state index contributed by atoms with van der Waals surface area (Å²) in [4.78, 5) is 0. The van der Waals surface area contributed by atoms with E-state index in [-0.39, 0.29) is 46.5 Å². The molecule has 0 aromatic rings. The second kappa shape index (κ2) is 9.72. The number of aliphatic hydroxyl groups excluding tert-OH is 1. The summed E-state index contributed by atoms with van der Waals surface area (Å²) in [5.41, 5.74) is -0.722. The molecule has 0 heterocycles. The van der Waals surface area contributed by atoms with Crippen LogP contribution < -0.4 is 0 Å². The van der Waals surface area contributed by atoms with Crippen molar-refractivity contribution in [1.29, 1.82) is 0 Å². The van der Waals surface area contributed by atoms with E-state index in [1.807, 2.05) is 0 Å². The van der Waals surface area contributed by atoms with E-state index in [0.29, 0.717) is 18.8 Å². The Balaban J connectivity index is 1.57. The van der Waals surface area contributed by atoms with Crippen LogP contribution in [0.1, 0.15) is 99.3 Å². The molecule has 0 bridgehead atoms. The average Bonchev–Trinajstić information content (AvgIpc) is 3.18. The molecule has 0 spiro atoms. The molecule has 0 aromatic carbocycles. The predicted octanol–water partition coefficient (Wildman–Crippen LogP) is 5.62. The van der Waals surface area contributed by atoms with E-state index in [1.165, 1.54) is 0 Å². The number of fused-ring (bicyclic) bond motifs is 7. The van der Waals surface area contributed by atoms with E-state index < -0.39 is 43.8 Å². The molecule has 0 saturated heterocycles. The van der Waals surface area contributed by atoms with Gasteiger partial charge in [0, 0.05) is 0 Å². The summed E-state index contributed by atoms with van der Waals surface area (Å²) in [6.07, 6.45) is 5.83. The van der Waals surface area contributed by atoms with E-state index in [9.17, 15) is 31.0 Å². The van der Waals surface area contributed by atoms with Crippen molar-refractivity contribution in [3.8, 4) is 0 Å². The fourth-order valence-electron chi connectivity index (χ4n) is 12.1. The maximum Gasteiger partial charge on any atom is 0.397 e. The van der Waals surface area contributed by atoms with E-state index in [0.717, 1.165) is 50.5 Å². The van der Waals surface area contributed by atoms with Crippen LogP contribution in [0.15, 0.2) is 12.2 Å². The summed E-state index contributed by atoms with van der Waals surface area (Å²) in [6, 6.07) is 0. The highest BCUT2D eigenvalue weighted by Gasteiger charge is 2.72. The summed E-state index contributed by atoms with van der Waals surface area (Å²) in [5.74, 6) is 0.893. The average molecular weight is 619 g/mol. The normalized spacial score (nSPS) is 49.3. The van der Waals surface area contributed by atoms with Gasteiger partial charge in [-0.05, 0) is 120 Å². The molecule has 5 aliphatic carbocycles. The molecule has 5 aliphatic rings. The van der Waals surface area contributed by atoms with Crippen molar-refractivity contribution in [3.05, 3.63) is 12.2 Å². The highest BCUT2D eigenvalue weighted by atomic mass is 32.3. The van der Waals surface area contributed by atoms with Gasteiger partial charge in [-0.2, -0.15) is 16.8 Å². The molecule has 5 saturated carbocycles. The third-order valence-electron chi connectivity index (χ3n) is 14.0. The quantitative estimate of drug-likeness (QED) is 0.255. The van der Waals surface area contributed by atoms with Crippen LogP contribution in [0.4, 0.5) is 0 Å². The molecule has 0 aliphatic heterocycles. The SMILES string of the molecule is C=C(CO)[C@@H]1CC[C@@]2(C)[C@H]1[C@H]1CC[C@@H]3[C@@]4(C)CC[C@H](OS(=O)(=O)O)C(C)(C)[C@@H]4CC[C@@]3(C)[C@]1(C)C[C@@H]2OS(=O)(=O)O. The summed E-state index contributed by atoms with van der Waals surface area (Å²) in [5, 5.41) is 10.1. The summed E-state index contributed by atoms with van der Waals surface area (Å²) >= 11 is 0. The zero-order valence-corrected chi connectivity index (χ0v) is 27.1. The lowest BCUT2D eigenvalue weighted by Gasteiger charge is -2.73. The molecule has 41 heavy (non-hydrogen) atoms. The Morgan fingerprint density at radius 2 is 1.34 bits per heavy atom. The molecule has 0 radical (unpaired) electrons. The molecule has 11 atom stereocenters. The monoisotopic (exact) mass is 618 g/mol. The van der Waals surface area contributed by atoms with Gasteiger partial charge in [-0.15, -0.1) is 0 Å². The molecule has 3 N–H and O–H groups in total. The maximum absolute atomic E-state index is 12.2. The van der Waals surface area contributed by atoms with Gasteiger partial charge in [0.2, 0.25) is 0 Å². The van der Waals surface area contributed by atoms with Crippen molar-refractivity contribution in [1.82, 2.24) is 0 Å². The highest BCUT2D eigenvalue weighted by Crippen LogP contribution is 2.77. The van der Waals surface area contributed by atoms with Crippen molar-refractivity contribution >= 4 is 20.8 Å². The number of hydrogen-bond acceptors (Lipinski definition) is 7. The number of hydrogen-bond donors (Lipinski definition) is 3. The second-order valence-electron chi connectivity index (χ2n) is 15.8. The zero-order valence-electron chi connectivity index (χ0n) is 25.4. The highest BCUT2D eigenvalue weighted by molar-refractivity contribution is 7.81.